The second kappa shape index (κ2) is 5.63. The summed E-state index contributed by atoms with van der Waals surface area (Å²) in [7, 11) is 1.72. The fourth-order valence-corrected chi connectivity index (χ4v) is 3.11. The molecular weight excluding hydrogens is 288 g/mol. The van der Waals surface area contributed by atoms with E-state index in [1.54, 1.807) is 29.6 Å². The first kappa shape index (κ1) is 13.7. The highest BCUT2D eigenvalue weighted by molar-refractivity contribution is 7.97. The van der Waals surface area contributed by atoms with E-state index in [0.717, 1.165) is 4.90 Å². The molecule has 2 aromatic rings. The zero-order valence-corrected chi connectivity index (χ0v) is 12.0. The maximum Gasteiger partial charge on any atom is 0.253 e. The van der Waals surface area contributed by atoms with Gasteiger partial charge in [-0.15, -0.1) is 0 Å². The van der Waals surface area contributed by atoms with Gasteiger partial charge in [0.2, 0.25) is 5.95 Å². The minimum Gasteiger partial charge on any atom is -0.293 e. The Morgan fingerprint density at radius 1 is 1.24 bits per heavy atom. The van der Waals surface area contributed by atoms with Gasteiger partial charge in [0.15, 0.2) is 11.8 Å². The van der Waals surface area contributed by atoms with Crippen LogP contribution in [0.25, 0.3) is 0 Å². The normalized spacial score (nSPS) is 18.1. The zero-order valence-electron chi connectivity index (χ0n) is 11.2. The van der Waals surface area contributed by atoms with Crippen molar-refractivity contribution in [3.63, 3.8) is 0 Å². The number of carbonyl (C=O) groups excluding carboxylic acids is 2. The summed E-state index contributed by atoms with van der Waals surface area (Å²) in [5.74, 6) is -0.469. The lowest BCUT2D eigenvalue weighted by Gasteiger charge is -2.30. The first-order valence-electron chi connectivity index (χ1n) is 6.29. The van der Waals surface area contributed by atoms with Crippen LogP contribution >= 0.6 is 11.9 Å². The summed E-state index contributed by atoms with van der Waals surface area (Å²) in [4.78, 5) is 33.5. The van der Waals surface area contributed by atoms with E-state index in [9.17, 15) is 9.59 Å². The van der Waals surface area contributed by atoms with Crippen molar-refractivity contribution in [1.82, 2.24) is 14.3 Å². The van der Waals surface area contributed by atoms with Crippen molar-refractivity contribution in [3.8, 4) is 0 Å². The molecule has 1 aliphatic rings. The van der Waals surface area contributed by atoms with E-state index >= 15 is 0 Å². The van der Waals surface area contributed by atoms with Crippen LogP contribution in [0.5, 0.6) is 0 Å². The van der Waals surface area contributed by atoms with Crippen molar-refractivity contribution in [3.05, 3.63) is 48.3 Å². The monoisotopic (exact) mass is 300 g/mol. The molecule has 1 aliphatic heterocycles. The minimum atomic E-state index is -0.895. The van der Waals surface area contributed by atoms with Crippen LogP contribution in [0.4, 0.5) is 5.95 Å². The van der Waals surface area contributed by atoms with Gasteiger partial charge in [0.05, 0.1) is 0 Å². The summed E-state index contributed by atoms with van der Waals surface area (Å²) < 4.78 is 1.64. The van der Waals surface area contributed by atoms with Crippen LogP contribution in [-0.4, -0.2) is 39.1 Å². The van der Waals surface area contributed by atoms with Crippen LogP contribution in [0.15, 0.2) is 47.6 Å². The van der Waals surface area contributed by atoms with E-state index < -0.39 is 11.9 Å². The molecule has 1 unspecified atom stereocenters. The van der Waals surface area contributed by atoms with Crippen molar-refractivity contribution in [2.75, 3.05) is 12.4 Å². The van der Waals surface area contributed by atoms with Gasteiger partial charge in [-0.3, -0.25) is 14.9 Å². The summed E-state index contributed by atoms with van der Waals surface area (Å²) in [5.41, 5.74) is 0.565. The molecule has 0 saturated carbocycles. The van der Waals surface area contributed by atoms with Gasteiger partial charge in [-0.25, -0.2) is 14.3 Å². The number of likely N-dealkylation sites (N-methyl/N-ethyl adjacent to an activating group) is 1. The number of fused-ring (bicyclic) bond motifs is 1. The predicted octanol–water partition coefficient (Wildman–Crippen LogP) is 1.62. The SMILES string of the molecule is CN1Sc2ccccc2C(=O)C1C(=O)Nc1ncccn1. The molecule has 0 saturated heterocycles. The number of rotatable bonds is 2. The smallest absolute Gasteiger partial charge is 0.253 e. The van der Waals surface area contributed by atoms with E-state index in [4.69, 9.17) is 0 Å². The highest BCUT2D eigenvalue weighted by Gasteiger charge is 2.37. The predicted molar refractivity (Wildman–Crippen MR) is 78.8 cm³/mol. The molecule has 106 valence electrons. The van der Waals surface area contributed by atoms with Crippen molar-refractivity contribution in [1.29, 1.82) is 0 Å². The molecule has 21 heavy (non-hydrogen) atoms. The molecule has 1 N–H and O–H groups in total. The van der Waals surface area contributed by atoms with E-state index in [0.29, 0.717) is 5.56 Å². The Kier molecular flexibility index (Phi) is 3.68. The molecule has 0 radical (unpaired) electrons. The number of hydrogen-bond acceptors (Lipinski definition) is 6. The highest BCUT2D eigenvalue weighted by Crippen LogP contribution is 2.33. The fraction of sp³-hybridized carbons (Fsp3) is 0.143. The Morgan fingerprint density at radius 3 is 2.71 bits per heavy atom. The highest BCUT2D eigenvalue weighted by atomic mass is 32.2. The van der Waals surface area contributed by atoms with Crippen molar-refractivity contribution in [2.24, 2.45) is 0 Å². The Labute approximate surface area is 125 Å². The van der Waals surface area contributed by atoms with Crippen LogP contribution in [0, 0.1) is 0 Å². The van der Waals surface area contributed by atoms with Gasteiger partial charge in [0.1, 0.15) is 0 Å². The molecule has 6 nitrogen and oxygen atoms in total. The van der Waals surface area contributed by atoms with Gasteiger partial charge >= 0.3 is 0 Å². The van der Waals surface area contributed by atoms with Gasteiger partial charge in [-0.2, -0.15) is 0 Å². The summed E-state index contributed by atoms with van der Waals surface area (Å²) in [6, 6.07) is 8.01. The first-order chi connectivity index (χ1) is 10.2. The number of amides is 1. The molecule has 2 heterocycles. The third-order valence-electron chi connectivity index (χ3n) is 3.06. The second-order valence-corrected chi connectivity index (χ2v) is 5.66. The van der Waals surface area contributed by atoms with Crippen molar-refractivity contribution < 1.29 is 9.59 Å². The number of ketones is 1. The number of anilines is 1. The van der Waals surface area contributed by atoms with E-state index in [1.165, 1.54) is 24.3 Å². The van der Waals surface area contributed by atoms with Crippen LogP contribution in [-0.2, 0) is 4.79 Å². The third-order valence-corrected chi connectivity index (χ3v) is 4.11. The van der Waals surface area contributed by atoms with E-state index in [1.807, 2.05) is 12.1 Å². The summed E-state index contributed by atoms with van der Waals surface area (Å²) in [6.07, 6.45) is 3.05. The first-order valence-corrected chi connectivity index (χ1v) is 7.06. The van der Waals surface area contributed by atoms with Crippen LogP contribution < -0.4 is 5.32 Å². The topological polar surface area (TPSA) is 75.2 Å². The number of Topliss-reactive ketones (excluding diaryl/α,β-unsaturated/α-hetero) is 1. The van der Waals surface area contributed by atoms with E-state index in [-0.39, 0.29) is 11.7 Å². The maximum atomic E-state index is 12.5. The lowest BCUT2D eigenvalue weighted by molar-refractivity contribution is -0.118. The van der Waals surface area contributed by atoms with Crippen molar-refractivity contribution in [2.45, 2.75) is 10.9 Å². The molecule has 1 aromatic heterocycles. The molecule has 0 bridgehead atoms. The van der Waals surface area contributed by atoms with Crippen molar-refractivity contribution >= 4 is 29.6 Å². The Bertz CT molecular complexity index is 692. The molecule has 7 heteroatoms. The molecule has 0 fully saturated rings. The maximum absolute atomic E-state index is 12.5. The lowest BCUT2D eigenvalue weighted by Crippen LogP contribution is -2.47. The zero-order chi connectivity index (χ0) is 14.8. The summed E-state index contributed by atoms with van der Waals surface area (Å²) >= 11 is 1.37. The van der Waals surface area contributed by atoms with Gasteiger partial charge in [0, 0.05) is 22.9 Å². The number of aromatic nitrogens is 2. The molecule has 3 rings (SSSR count). The molecule has 1 atom stereocenters. The van der Waals surface area contributed by atoms with Crippen LogP contribution in [0.2, 0.25) is 0 Å². The molecule has 1 amide bonds. The fourth-order valence-electron chi connectivity index (χ4n) is 2.10. The van der Waals surface area contributed by atoms with Gasteiger partial charge in [0.25, 0.3) is 5.91 Å². The second-order valence-electron chi connectivity index (χ2n) is 4.46. The summed E-state index contributed by atoms with van der Waals surface area (Å²) in [6.45, 7) is 0. The quantitative estimate of drug-likeness (QED) is 0.671. The Morgan fingerprint density at radius 2 is 1.95 bits per heavy atom. The Balaban J connectivity index is 1.85. The average Bonchev–Trinajstić information content (AvgIpc) is 2.48. The summed E-state index contributed by atoms with van der Waals surface area (Å²) in [5, 5.41) is 2.57. The Hall–Kier alpha value is -2.25. The number of nitrogens with one attached hydrogen (secondary N) is 1. The van der Waals surface area contributed by atoms with Crippen LogP contribution in [0.3, 0.4) is 0 Å². The van der Waals surface area contributed by atoms with E-state index in [2.05, 4.69) is 15.3 Å². The molecule has 1 aromatic carbocycles. The van der Waals surface area contributed by atoms with Crippen LogP contribution in [0.1, 0.15) is 10.4 Å². The molecular formula is C14H12N4O2S. The third kappa shape index (κ3) is 2.65. The number of hydrogen-bond donors (Lipinski definition) is 1. The number of carbonyl (C=O) groups is 2. The molecule has 0 aliphatic carbocycles. The average molecular weight is 300 g/mol. The number of nitrogens with zero attached hydrogens (tertiary/aromatic N) is 3. The van der Waals surface area contributed by atoms with Gasteiger partial charge in [-0.05, 0) is 31.1 Å². The molecule has 0 spiro atoms. The minimum absolute atomic E-state index is 0.188. The van der Waals surface area contributed by atoms with Gasteiger partial charge < -0.3 is 0 Å². The standard InChI is InChI=1S/C14H12N4O2S/c1-18-11(13(20)17-14-15-7-4-8-16-14)12(19)9-5-2-3-6-10(9)21-18/h2-8,11H,1H3,(H,15,16,17,20). The lowest BCUT2D eigenvalue weighted by atomic mass is 10.0. The number of benzene rings is 1. The van der Waals surface area contributed by atoms with Gasteiger partial charge in [-0.1, -0.05) is 18.2 Å². The largest absolute Gasteiger partial charge is 0.293 e.